The molecular weight excluding hydrogens is 362 g/mol. The molecule has 0 saturated carbocycles. The number of aromatic nitrogens is 2. The Bertz CT molecular complexity index is 1120. The summed E-state index contributed by atoms with van der Waals surface area (Å²) in [6.07, 6.45) is 2.24. The van der Waals surface area contributed by atoms with Crippen LogP contribution in [0.15, 0.2) is 71.3 Å². The molecular formula is C24H23N3O2. The molecule has 0 unspecified atom stereocenters. The van der Waals surface area contributed by atoms with Crippen LogP contribution in [-0.4, -0.2) is 28.6 Å². The van der Waals surface area contributed by atoms with Crippen LogP contribution in [0, 0.1) is 0 Å². The number of hydrogen-bond acceptors (Lipinski definition) is 5. The summed E-state index contributed by atoms with van der Waals surface area (Å²) >= 11 is 0. The van der Waals surface area contributed by atoms with Crippen LogP contribution in [0.1, 0.15) is 30.3 Å². The molecule has 5 rings (SSSR count). The molecule has 0 amide bonds. The Balaban J connectivity index is 1.35. The molecule has 0 N–H and O–H groups in total. The van der Waals surface area contributed by atoms with Crippen LogP contribution in [0.5, 0.6) is 5.75 Å². The summed E-state index contributed by atoms with van der Waals surface area (Å²) in [4.78, 5) is 6.93. The maximum absolute atomic E-state index is 5.94. The first-order valence-corrected chi connectivity index (χ1v) is 10.0. The van der Waals surface area contributed by atoms with Gasteiger partial charge in [0, 0.05) is 5.56 Å². The molecule has 0 radical (unpaired) electrons. The fraction of sp³-hybridized carbons (Fsp3) is 0.250. The lowest BCUT2D eigenvalue weighted by molar-refractivity contribution is 0.245. The third-order valence-electron chi connectivity index (χ3n) is 5.57. The van der Waals surface area contributed by atoms with E-state index in [1.165, 1.54) is 6.42 Å². The van der Waals surface area contributed by atoms with Crippen molar-refractivity contribution in [1.29, 1.82) is 0 Å². The maximum Gasteiger partial charge on any atom is 0.244 e. The molecule has 0 aliphatic carbocycles. The van der Waals surface area contributed by atoms with Crippen molar-refractivity contribution in [2.75, 3.05) is 13.6 Å². The molecule has 29 heavy (non-hydrogen) atoms. The van der Waals surface area contributed by atoms with Crippen molar-refractivity contribution >= 4 is 10.8 Å². The number of ether oxygens (including phenoxy) is 1. The zero-order chi connectivity index (χ0) is 19.6. The molecule has 5 heteroatoms. The van der Waals surface area contributed by atoms with Gasteiger partial charge in [-0.05, 0) is 61.0 Å². The zero-order valence-corrected chi connectivity index (χ0v) is 16.4. The van der Waals surface area contributed by atoms with E-state index in [1.807, 2.05) is 30.3 Å². The van der Waals surface area contributed by atoms with Crippen LogP contribution in [0.3, 0.4) is 0 Å². The summed E-state index contributed by atoms with van der Waals surface area (Å²) in [7, 11) is 2.11. The Labute approximate surface area is 169 Å². The topological polar surface area (TPSA) is 51.4 Å². The standard InChI is InChI=1S/C24H23N3O2/c1-27-13-5-8-22(27)24-25-23(26-29-24)20-10-9-19-15-21(12-11-18(19)14-20)28-16-17-6-3-2-4-7-17/h2-4,6-7,9-12,14-15,22H,5,8,13,16H2,1H3/t22-/m0/s1. The van der Waals surface area contributed by atoms with E-state index < -0.39 is 0 Å². The average molecular weight is 385 g/mol. The fourth-order valence-electron chi connectivity index (χ4n) is 3.90. The summed E-state index contributed by atoms with van der Waals surface area (Å²) in [6, 6.07) is 22.8. The fourth-order valence-corrected chi connectivity index (χ4v) is 3.90. The smallest absolute Gasteiger partial charge is 0.244 e. The predicted octanol–water partition coefficient (Wildman–Crippen LogP) is 5.24. The highest BCUT2D eigenvalue weighted by atomic mass is 16.5. The number of likely N-dealkylation sites (tertiary alicyclic amines) is 1. The van der Waals surface area contributed by atoms with E-state index >= 15 is 0 Å². The van der Waals surface area contributed by atoms with Crippen molar-refractivity contribution in [2.24, 2.45) is 0 Å². The van der Waals surface area contributed by atoms with E-state index in [1.54, 1.807) is 0 Å². The minimum atomic E-state index is 0.237. The van der Waals surface area contributed by atoms with Crippen LogP contribution < -0.4 is 4.74 Å². The van der Waals surface area contributed by atoms with E-state index in [-0.39, 0.29) is 6.04 Å². The summed E-state index contributed by atoms with van der Waals surface area (Å²) in [6.45, 7) is 1.64. The zero-order valence-electron chi connectivity index (χ0n) is 16.4. The molecule has 0 spiro atoms. The first kappa shape index (κ1) is 17.9. The summed E-state index contributed by atoms with van der Waals surface area (Å²) in [5.74, 6) is 2.22. The molecule has 1 aliphatic rings. The summed E-state index contributed by atoms with van der Waals surface area (Å²) in [5, 5.41) is 6.46. The minimum absolute atomic E-state index is 0.237. The number of hydrogen-bond donors (Lipinski definition) is 0. The van der Waals surface area contributed by atoms with Crippen molar-refractivity contribution in [3.05, 3.63) is 78.2 Å². The van der Waals surface area contributed by atoms with E-state index in [2.05, 4.69) is 58.5 Å². The Morgan fingerprint density at radius 2 is 1.86 bits per heavy atom. The second-order valence-corrected chi connectivity index (χ2v) is 7.59. The molecule has 0 bridgehead atoms. The van der Waals surface area contributed by atoms with Gasteiger partial charge in [0.1, 0.15) is 12.4 Å². The van der Waals surface area contributed by atoms with E-state index in [9.17, 15) is 0 Å². The monoisotopic (exact) mass is 385 g/mol. The van der Waals surface area contributed by atoms with Gasteiger partial charge in [-0.3, -0.25) is 4.90 Å². The molecule has 3 aromatic carbocycles. The van der Waals surface area contributed by atoms with Gasteiger partial charge in [-0.25, -0.2) is 0 Å². The van der Waals surface area contributed by atoms with Crippen molar-refractivity contribution in [1.82, 2.24) is 15.0 Å². The van der Waals surface area contributed by atoms with Gasteiger partial charge >= 0.3 is 0 Å². The van der Waals surface area contributed by atoms with Gasteiger partial charge < -0.3 is 9.26 Å². The summed E-state index contributed by atoms with van der Waals surface area (Å²) < 4.78 is 11.5. The highest BCUT2D eigenvalue weighted by Crippen LogP contribution is 2.31. The first-order valence-electron chi connectivity index (χ1n) is 10.0. The van der Waals surface area contributed by atoms with Gasteiger partial charge in [-0.15, -0.1) is 0 Å². The lowest BCUT2D eigenvalue weighted by Crippen LogP contribution is -2.17. The van der Waals surface area contributed by atoms with Gasteiger partial charge in [0.2, 0.25) is 11.7 Å². The van der Waals surface area contributed by atoms with Gasteiger partial charge in [-0.1, -0.05) is 53.7 Å². The predicted molar refractivity (Wildman–Crippen MR) is 113 cm³/mol. The average Bonchev–Trinajstić information content (AvgIpc) is 3.41. The molecule has 1 aromatic heterocycles. The number of nitrogens with zero attached hydrogens (tertiary/aromatic N) is 3. The third kappa shape index (κ3) is 3.74. The maximum atomic E-state index is 5.94. The molecule has 1 fully saturated rings. The first-order chi connectivity index (χ1) is 14.3. The lowest BCUT2D eigenvalue weighted by atomic mass is 10.1. The molecule has 1 saturated heterocycles. The van der Waals surface area contributed by atoms with Crippen molar-refractivity contribution in [3.8, 4) is 17.1 Å². The van der Waals surface area contributed by atoms with Crippen LogP contribution >= 0.6 is 0 Å². The van der Waals surface area contributed by atoms with E-state index in [4.69, 9.17) is 9.26 Å². The number of rotatable bonds is 5. The molecule has 2 heterocycles. The Hall–Kier alpha value is -3.18. The Morgan fingerprint density at radius 1 is 1.03 bits per heavy atom. The SMILES string of the molecule is CN1CCC[C@H]1c1nc(-c2ccc3cc(OCc4ccccc4)ccc3c2)no1. The van der Waals surface area contributed by atoms with E-state index in [0.717, 1.165) is 40.6 Å². The molecule has 1 atom stereocenters. The van der Waals surface area contributed by atoms with Crippen molar-refractivity contribution in [3.63, 3.8) is 0 Å². The largest absolute Gasteiger partial charge is 0.489 e. The van der Waals surface area contributed by atoms with Gasteiger partial charge in [-0.2, -0.15) is 4.98 Å². The van der Waals surface area contributed by atoms with Crippen LogP contribution in [-0.2, 0) is 6.61 Å². The van der Waals surface area contributed by atoms with Gasteiger partial charge in [0.25, 0.3) is 0 Å². The second kappa shape index (κ2) is 7.68. The molecule has 146 valence electrons. The Kier molecular flexibility index (Phi) is 4.74. The van der Waals surface area contributed by atoms with Crippen LogP contribution in [0.4, 0.5) is 0 Å². The van der Waals surface area contributed by atoms with Gasteiger partial charge in [0.15, 0.2) is 0 Å². The normalized spacial score (nSPS) is 17.1. The lowest BCUT2D eigenvalue weighted by Gasteiger charge is -2.14. The van der Waals surface area contributed by atoms with E-state index in [0.29, 0.717) is 18.3 Å². The highest BCUT2D eigenvalue weighted by Gasteiger charge is 2.28. The van der Waals surface area contributed by atoms with Crippen LogP contribution in [0.2, 0.25) is 0 Å². The quantitative estimate of drug-likeness (QED) is 0.470. The van der Waals surface area contributed by atoms with Gasteiger partial charge in [0.05, 0.1) is 6.04 Å². The van der Waals surface area contributed by atoms with Crippen molar-refractivity contribution < 1.29 is 9.26 Å². The molecule has 1 aliphatic heterocycles. The second-order valence-electron chi connectivity index (χ2n) is 7.59. The Morgan fingerprint density at radius 3 is 2.69 bits per heavy atom. The minimum Gasteiger partial charge on any atom is -0.489 e. The highest BCUT2D eigenvalue weighted by molar-refractivity contribution is 5.87. The number of fused-ring (bicyclic) bond motifs is 1. The van der Waals surface area contributed by atoms with Crippen LogP contribution in [0.25, 0.3) is 22.2 Å². The third-order valence-corrected chi connectivity index (χ3v) is 5.57. The molecule has 5 nitrogen and oxygen atoms in total. The number of benzene rings is 3. The van der Waals surface area contributed by atoms with Crippen molar-refractivity contribution in [2.45, 2.75) is 25.5 Å². The summed E-state index contributed by atoms with van der Waals surface area (Å²) in [5.41, 5.74) is 2.12. The molecule has 4 aromatic rings.